The quantitative estimate of drug-likeness (QED) is 0.638. The van der Waals surface area contributed by atoms with E-state index in [1.807, 2.05) is 19.1 Å². The minimum absolute atomic E-state index is 0.0366. The van der Waals surface area contributed by atoms with E-state index in [0.29, 0.717) is 37.4 Å². The number of nitrogens with one attached hydrogen (secondary N) is 1. The smallest absolute Gasteiger partial charge is 0.302 e. The average Bonchev–Trinajstić information content (AvgIpc) is 2.76. The van der Waals surface area contributed by atoms with Crippen LogP contribution in [0.15, 0.2) is 36.4 Å². The van der Waals surface area contributed by atoms with Gasteiger partial charge in [-0.1, -0.05) is 6.07 Å². The van der Waals surface area contributed by atoms with E-state index in [9.17, 15) is 18.4 Å². The highest BCUT2D eigenvalue weighted by molar-refractivity contribution is 5.94. The maximum atomic E-state index is 13.6. The molecule has 1 amide bonds. The maximum Gasteiger partial charge on any atom is 0.302 e. The Kier molecular flexibility index (Phi) is 7.66. The molecule has 32 heavy (non-hydrogen) atoms. The van der Waals surface area contributed by atoms with E-state index in [-0.39, 0.29) is 29.6 Å². The minimum Gasteiger partial charge on any atom is -0.493 e. The van der Waals surface area contributed by atoms with Crippen LogP contribution in [0, 0.1) is 11.6 Å². The van der Waals surface area contributed by atoms with Gasteiger partial charge in [0.2, 0.25) is 0 Å². The predicted molar refractivity (Wildman–Crippen MR) is 114 cm³/mol. The summed E-state index contributed by atoms with van der Waals surface area (Å²) in [5.74, 6) is -1.97. The number of carbonyl (C=O) groups excluding carboxylic acids is 2. The lowest BCUT2D eigenvalue weighted by Crippen LogP contribution is -2.44. The molecular formula is C24H27F2NO5. The number of benzene rings is 2. The standard InChI is InChI=1S/C24H27F2NO5/c1-4-31-23-12-15(6-10-22(23)30-3)18-13-17(32-14(2)28)7-9-21(18)27-24(29)16-5-8-19(25)20(26)11-16/h5-6,8,10-12,17-18,21H,4,7,9,13H2,1-3H3,(H,27,29). The van der Waals surface area contributed by atoms with Crippen molar-refractivity contribution in [3.63, 3.8) is 0 Å². The van der Waals surface area contributed by atoms with Gasteiger partial charge >= 0.3 is 5.97 Å². The SMILES string of the molecule is CCOc1cc(C2CC(OC(C)=O)CCC2NC(=O)c2ccc(F)c(F)c2)ccc1OC. The third-order valence-corrected chi connectivity index (χ3v) is 5.55. The second kappa shape index (κ2) is 10.4. The fourth-order valence-corrected chi connectivity index (χ4v) is 4.10. The second-order valence-electron chi connectivity index (χ2n) is 7.70. The van der Waals surface area contributed by atoms with E-state index in [1.54, 1.807) is 13.2 Å². The van der Waals surface area contributed by atoms with E-state index in [1.165, 1.54) is 13.0 Å². The molecule has 1 saturated carbocycles. The summed E-state index contributed by atoms with van der Waals surface area (Å²) in [7, 11) is 1.56. The fraction of sp³-hybridized carbons (Fsp3) is 0.417. The van der Waals surface area contributed by atoms with Crippen LogP contribution in [0.25, 0.3) is 0 Å². The lowest BCUT2D eigenvalue weighted by molar-refractivity contribution is -0.148. The highest BCUT2D eigenvalue weighted by Gasteiger charge is 2.34. The molecule has 3 atom stereocenters. The molecule has 6 nitrogen and oxygen atoms in total. The fourth-order valence-electron chi connectivity index (χ4n) is 4.10. The number of carbonyl (C=O) groups is 2. The van der Waals surface area contributed by atoms with Crippen LogP contribution in [0.4, 0.5) is 8.78 Å². The third kappa shape index (κ3) is 5.55. The highest BCUT2D eigenvalue weighted by Crippen LogP contribution is 2.38. The molecule has 0 spiro atoms. The molecule has 2 aromatic carbocycles. The Morgan fingerprint density at radius 3 is 2.50 bits per heavy atom. The molecule has 0 aromatic heterocycles. The Labute approximate surface area is 185 Å². The van der Waals surface area contributed by atoms with Crippen molar-refractivity contribution in [2.75, 3.05) is 13.7 Å². The lowest BCUT2D eigenvalue weighted by atomic mass is 9.78. The van der Waals surface area contributed by atoms with E-state index < -0.39 is 17.5 Å². The normalized spacial score (nSPS) is 20.3. The number of amides is 1. The molecule has 0 radical (unpaired) electrons. The van der Waals surface area contributed by atoms with Crippen molar-refractivity contribution in [3.8, 4) is 11.5 Å². The van der Waals surface area contributed by atoms with Gasteiger partial charge in [-0.2, -0.15) is 0 Å². The number of hydrogen-bond acceptors (Lipinski definition) is 5. The van der Waals surface area contributed by atoms with Crippen LogP contribution in [0.2, 0.25) is 0 Å². The van der Waals surface area contributed by atoms with E-state index in [4.69, 9.17) is 14.2 Å². The first-order valence-corrected chi connectivity index (χ1v) is 10.6. The number of hydrogen-bond donors (Lipinski definition) is 1. The van der Waals surface area contributed by atoms with Gasteiger partial charge in [0.25, 0.3) is 5.91 Å². The highest BCUT2D eigenvalue weighted by atomic mass is 19.2. The van der Waals surface area contributed by atoms with E-state index in [0.717, 1.165) is 17.7 Å². The van der Waals surface area contributed by atoms with Crippen molar-refractivity contribution in [1.29, 1.82) is 0 Å². The number of halogens is 2. The Bertz CT molecular complexity index is 981. The first kappa shape index (κ1) is 23.5. The van der Waals surface area contributed by atoms with Crippen molar-refractivity contribution < 1.29 is 32.6 Å². The first-order chi connectivity index (χ1) is 15.3. The van der Waals surface area contributed by atoms with Gasteiger partial charge in [-0.05, 0) is 62.1 Å². The molecule has 1 N–H and O–H groups in total. The van der Waals surface area contributed by atoms with Crippen LogP contribution in [0.5, 0.6) is 11.5 Å². The predicted octanol–water partition coefficient (Wildman–Crippen LogP) is 4.37. The van der Waals surface area contributed by atoms with Crippen molar-refractivity contribution in [2.24, 2.45) is 0 Å². The first-order valence-electron chi connectivity index (χ1n) is 10.6. The molecule has 1 fully saturated rings. The number of ether oxygens (including phenoxy) is 3. The van der Waals surface area contributed by atoms with Gasteiger partial charge in [0, 0.05) is 24.4 Å². The Morgan fingerprint density at radius 2 is 1.84 bits per heavy atom. The van der Waals surface area contributed by atoms with E-state index >= 15 is 0 Å². The molecule has 2 aromatic rings. The van der Waals surface area contributed by atoms with Gasteiger partial charge in [0.15, 0.2) is 23.1 Å². The summed E-state index contributed by atoms with van der Waals surface area (Å²) >= 11 is 0. The van der Waals surface area contributed by atoms with Gasteiger partial charge < -0.3 is 19.5 Å². The summed E-state index contributed by atoms with van der Waals surface area (Å²) in [5.41, 5.74) is 0.927. The molecule has 3 rings (SSSR count). The zero-order chi connectivity index (χ0) is 23.3. The van der Waals surface area contributed by atoms with Gasteiger partial charge in [0.05, 0.1) is 13.7 Å². The zero-order valence-corrected chi connectivity index (χ0v) is 18.3. The number of methoxy groups -OCH3 is 1. The molecule has 1 aliphatic rings. The zero-order valence-electron chi connectivity index (χ0n) is 18.3. The molecule has 8 heteroatoms. The third-order valence-electron chi connectivity index (χ3n) is 5.55. The van der Waals surface area contributed by atoms with Gasteiger partial charge in [-0.3, -0.25) is 9.59 Å². The summed E-state index contributed by atoms with van der Waals surface area (Å²) in [6.07, 6.45) is 1.34. The molecular weight excluding hydrogens is 420 g/mol. The van der Waals surface area contributed by atoms with Crippen LogP contribution in [0.3, 0.4) is 0 Å². The van der Waals surface area contributed by atoms with Crippen molar-refractivity contribution in [2.45, 2.75) is 51.2 Å². The van der Waals surface area contributed by atoms with E-state index in [2.05, 4.69) is 5.32 Å². The van der Waals surface area contributed by atoms with Gasteiger partial charge in [-0.15, -0.1) is 0 Å². The lowest BCUT2D eigenvalue weighted by Gasteiger charge is -2.36. The molecule has 0 bridgehead atoms. The summed E-state index contributed by atoms with van der Waals surface area (Å²) in [4.78, 5) is 24.2. The van der Waals surface area contributed by atoms with Crippen LogP contribution < -0.4 is 14.8 Å². The second-order valence-corrected chi connectivity index (χ2v) is 7.70. The molecule has 0 aliphatic heterocycles. The monoisotopic (exact) mass is 447 g/mol. The minimum atomic E-state index is -1.08. The average molecular weight is 447 g/mol. The van der Waals surface area contributed by atoms with Crippen LogP contribution in [-0.4, -0.2) is 37.7 Å². The Hall–Kier alpha value is -3.16. The van der Waals surface area contributed by atoms with Crippen LogP contribution >= 0.6 is 0 Å². The van der Waals surface area contributed by atoms with Gasteiger partial charge in [0.1, 0.15) is 6.10 Å². The Balaban J connectivity index is 1.88. The molecule has 1 aliphatic carbocycles. The van der Waals surface area contributed by atoms with Crippen molar-refractivity contribution in [1.82, 2.24) is 5.32 Å². The Morgan fingerprint density at radius 1 is 1.06 bits per heavy atom. The number of rotatable bonds is 7. The van der Waals surface area contributed by atoms with Crippen LogP contribution in [0.1, 0.15) is 54.9 Å². The molecule has 172 valence electrons. The largest absolute Gasteiger partial charge is 0.493 e. The number of esters is 1. The summed E-state index contributed by atoms with van der Waals surface area (Å²) < 4.78 is 43.3. The topological polar surface area (TPSA) is 73.9 Å². The molecule has 0 heterocycles. The molecule has 3 unspecified atom stereocenters. The van der Waals surface area contributed by atoms with Crippen molar-refractivity contribution >= 4 is 11.9 Å². The summed E-state index contributed by atoms with van der Waals surface area (Å²) in [5, 5.41) is 2.94. The van der Waals surface area contributed by atoms with Crippen LogP contribution in [-0.2, 0) is 9.53 Å². The van der Waals surface area contributed by atoms with Crippen molar-refractivity contribution in [3.05, 3.63) is 59.2 Å². The summed E-state index contributed by atoms with van der Waals surface area (Å²) in [6.45, 7) is 3.69. The maximum absolute atomic E-state index is 13.6. The summed E-state index contributed by atoms with van der Waals surface area (Å²) in [6, 6.07) is 8.30. The van der Waals surface area contributed by atoms with Gasteiger partial charge in [-0.25, -0.2) is 8.78 Å². The molecule has 0 saturated heterocycles.